The van der Waals surface area contributed by atoms with E-state index in [1.807, 2.05) is 30.3 Å². The normalized spacial score (nSPS) is 22.4. The molecule has 2 fully saturated rings. The van der Waals surface area contributed by atoms with Crippen LogP contribution in [-0.2, 0) is 17.8 Å². The van der Waals surface area contributed by atoms with Gasteiger partial charge in [-0.05, 0) is 48.9 Å². The van der Waals surface area contributed by atoms with Crippen LogP contribution in [-0.4, -0.2) is 53.6 Å². The predicted molar refractivity (Wildman–Crippen MR) is 113 cm³/mol. The molecule has 2 heterocycles. The summed E-state index contributed by atoms with van der Waals surface area (Å²) in [4.78, 5) is 17.2. The second kappa shape index (κ2) is 8.87. The third-order valence-electron chi connectivity index (χ3n) is 6.41. The van der Waals surface area contributed by atoms with E-state index >= 15 is 0 Å². The second-order valence-electron chi connectivity index (χ2n) is 8.20. The van der Waals surface area contributed by atoms with E-state index in [-0.39, 0.29) is 0 Å². The number of amides is 1. The summed E-state index contributed by atoms with van der Waals surface area (Å²) in [6, 6.07) is 16.0. The van der Waals surface area contributed by atoms with E-state index in [1.165, 1.54) is 5.56 Å². The van der Waals surface area contributed by atoms with Crippen LogP contribution in [0.4, 0.5) is 0 Å². The van der Waals surface area contributed by atoms with Crippen molar-refractivity contribution in [3.05, 3.63) is 59.7 Å². The average Bonchev–Trinajstić information content (AvgIpc) is 2.75. The Bertz CT molecular complexity index is 836. The Morgan fingerprint density at radius 3 is 2.66 bits per heavy atom. The van der Waals surface area contributed by atoms with Gasteiger partial charge in [0, 0.05) is 44.2 Å². The van der Waals surface area contributed by atoms with Gasteiger partial charge in [0.05, 0.1) is 7.11 Å². The van der Waals surface area contributed by atoms with Crippen LogP contribution in [0.2, 0.25) is 0 Å². The fraction of sp³-hybridized carbons (Fsp3) is 0.458. The van der Waals surface area contributed by atoms with Gasteiger partial charge >= 0.3 is 0 Å². The molecule has 154 valence electrons. The van der Waals surface area contributed by atoms with E-state index in [9.17, 15) is 9.90 Å². The van der Waals surface area contributed by atoms with Gasteiger partial charge in [0.15, 0.2) is 0 Å². The van der Waals surface area contributed by atoms with Crippen LogP contribution in [0.25, 0.3) is 0 Å². The summed E-state index contributed by atoms with van der Waals surface area (Å²) >= 11 is 0. The highest BCUT2D eigenvalue weighted by Crippen LogP contribution is 2.32. The Hall–Kier alpha value is -2.53. The monoisotopic (exact) mass is 394 g/mol. The number of carbonyl (C=O) groups is 1. The largest absolute Gasteiger partial charge is 0.508 e. The fourth-order valence-electron chi connectivity index (χ4n) is 4.79. The number of hydrogen-bond donors (Lipinski definition) is 1. The highest BCUT2D eigenvalue weighted by Gasteiger charge is 2.39. The smallest absolute Gasteiger partial charge is 0.222 e. The van der Waals surface area contributed by atoms with Gasteiger partial charge < -0.3 is 14.7 Å². The van der Waals surface area contributed by atoms with Gasteiger partial charge in [-0.15, -0.1) is 0 Å². The van der Waals surface area contributed by atoms with Crippen molar-refractivity contribution in [3.63, 3.8) is 0 Å². The highest BCUT2D eigenvalue weighted by atomic mass is 16.5. The van der Waals surface area contributed by atoms with Crippen molar-refractivity contribution in [1.82, 2.24) is 9.80 Å². The standard InChI is InChI=1S/C24H30N2O3/c1-29-21-9-6-18(7-10-21)12-15-26-22-13-14-25(16-19(22)8-11-24(26)28)17-20-4-2-3-5-23(20)27/h2-7,9-10,19,22,27H,8,11-17H2,1H3/t19-,22+/m1/s1. The van der Waals surface area contributed by atoms with Gasteiger partial charge in [-0.1, -0.05) is 30.3 Å². The van der Waals surface area contributed by atoms with Crippen molar-refractivity contribution in [2.45, 2.75) is 38.3 Å². The van der Waals surface area contributed by atoms with Crippen LogP contribution >= 0.6 is 0 Å². The zero-order valence-corrected chi connectivity index (χ0v) is 17.1. The van der Waals surface area contributed by atoms with Gasteiger partial charge in [-0.3, -0.25) is 9.69 Å². The van der Waals surface area contributed by atoms with Crippen molar-refractivity contribution in [2.24, 2.45) is 5.92 Å². The summed E-state index contributed by atoms with van der Waals surface area (Å²) in [5.41, 5.74) is 2.21. The van der Waals surface area contributed by atoms with Gasteiger partial charge in [0.2, 0.25) is 5.91 Å². The molecule has 0 radical (unpaired) electrons. The molecule has 0 unspecified atom stereocenters. The molecule has 4 rings (SSSR count). The molecule has 0 bridgehead atoms. The number of phenols is 1. The molecule has 2 aliphatic heterocycles. The van der Waals surface area contributed by atoms with E-state index in [2.05, 4.69) is 21.9 Å². The lowest BCUT2D eigenvalue weighted by Gasteiger charge is -2.47. The van der Waals surface area contributed by atoms with Crippen molar-refractivity contribution < 1.29 is 14.6 Å². The number of hydrogen-bond acceptors (Lipinski definition) is 4. The molecular weight excluding hydrogens is 364 g/mol. The Kier molecular flexibility index (Phi) is 6.05. The van der Waals surface area contributed by atoms with Gasteiger partial charge in [0.1, 0.15) is 11.5 Å². The number of fused-ring (bicyclic) bond motifs is 1. The number of rotatable bonds is 6. The number of para-hydroxylation sites is 1. The molecule has 5 heteroatoms. The summed E-state index contributed by atoms with van der Waals surface area (Å²) in [6.07, 6.45) is 3.50. The minimum atomic E-state index is 0.300. The molecular formula is C24H30N2O3. The predicted octanol–water partition coefficient (Wildman–Crippen LogP) is 3.46. The zero-order chi connectivity index (χ0) is 20.2. The summed E-state index contributed by atoms with van der Waals surface area (Å²) in [6.45, 7) is 3.51. The first kappa shape index (κ1) is 19.8. The van der Waals surface area contributed by atoms with Crippen LogP contribution < -0.4 is 4.74 Å². The molecule has 0 aliphatic carbocycles. The average molecular weight is 395 g/mol. The molecule has 5 nitrogen and oxygen atoms in total. The highest BCUT2D eigenvalue weighted by molar-refractivity contribution is 5.77. The molecule has 2 aliphatic rings. The number of likely N-dealkylation sites (tertiary alicyclic amines) is 2. The van der Waals surface area contributed by atoms with Gasteiger partial charge in [-0.2, -0.15) is 0 Å². The first-order chi connectivity index (χ1) is 14.1. The molecule has 1 N–H and O–H groups in total. The number of carbonyl (C=O) groups excluding carboxylic acids is 1. The lowest BCUT2D eigenvalue weighted by Crippen LogP contribution is -2.56. The lowest BCUT2D eigenvalue weighted by molar-refractivity contribution is -0.141. The third kappa shape index (κ3) is 4.56. The van der Waals surface area contributed by atoms with E-state index in [0.717, 1.165) is 56.8 Å². The minimum Gasteiger partial charge on any atom is -0.508 e. The number of nitrogens with zero attached hydrogens (tertiary/aromatic N) is 2. The fourth-order valence-corrected chi connectivity index (χ4v) is 4.79. The Labute approximate surface area is 172 Å². The van der Waals surface area contributed by atoms with Crippen LogP contribution in [0.5, 0.6) is 11.5 Å². The van der Waals surface area contributed by atoms with Crippen LogP contribution in [0, 0.1) is 5.92 Å². The van der Waals surface area contributed by atoms with Gasteiger partial charge in [0.25, 0.3) is 0 Å². The SMILES string of the molecule is COc1ccc(CCN2C(=O)CC[C@@H]3CN(Cc4ccccc4O)CC[C@@H]32)cc1. The number of phenolic OH excluding ortho intramolecular Hbond substituents is 1. The molecule has 0 aromatic heterocycles. The maximum Gasteiger partial charge on any atom is 0.222 e. The Morgan fingerprint density at radius 1 is 1.10 bits per heavy atom. The summed E-state index contributed by atoms with van der Waals surface area (Å²) in [7, 11) is 1.67. The Morgan fingerprint density at radius 2 is 1.90 bits per heavy atom. The quantitative estimate of drug-likeness (QED) is 0.815. The summed E-state index contributed by atoms with van der Waals surface area (Å²) in [5, 5.41) is 10.1. The van der Waals surface area contributed by atoms with Gasteiger partial charge in [-0.25, -0.2) is 0 Å². The maximum absolute atomic E-state index is 12.6. The first-order valence-electron chi connectivity index (χ1n) is 10.6. The van der Waals surface area contributed by atoms with Crippen LogP contribution in [0.15, 0.2) is 48.5 Å². The lowest BCUT2D eigenvalue weighted by atomic mass is 9.83. The van der Waals surface area contributed by atoms with E-state index in [4.69, 9.17) is 4.74 Å². The van der Waals surface area contributed by atoms with E-state index in [0.29, 0.717) is 30.0 Å². The summed E-state index contributed by atoms with van der Waals surface area (Å²) < 4.78 is 5.23. The molecule has 1 amide bonds. The molecule has 2 aromatic carbocycles. The van der Waals surface area contributed by atoms with E-state index < -0.39 is 0 Å². The molecule has 0 saturated carbocycles. The number of piperidine rings is 2. The number of methoxy groups -OCH3 is 1. The third-order valence-corrected chi connectivity index (χ3v) is 6.41. The van der Waals surface area contributed by atoms with E-state index in [1.54, 1.807) is 13.2 Å². The molecule has 2 aromatic rings. The minimum absolute atomic E-state index is 0.300. The zero-order valence-electron chi connectivity index (χ0n) is 17.1. The second-order valence-corrected chi connectivity index (χ2v) is 8.20. The van der Waals surface area contributed by atoms with Crippen molar-refractivity contribution in [1.29, 1.82) is 0 Å². The summed E-state index contributed by atoms with van der Waals surface area (Å²) in [5.74, 6) is 2.05. The molecule has 0 spiro atoms. The topological polar surface area (TPSA) is 53.0 Å². The number of aromatic hydroxyl groups is 1. The van der Waals surface area contributed by atoms with Crippen LogP contribution in [0.3, 0.4) is 0 Å². The van der Waals surface area contributed by atoms with Crippen molar-refractivity contribution in [2.75, 3.05) is 26.7 Å². The molecule has 2 saturated heterocycles. The van der Waals surface area contributed by atoms with Crippen molar-refractivity contribution >= 4 is 5.91 Å². The molecule has 29 heavy (non-hydrogen) atoms. The number of ether oxygens (including phenoxy) is 1. The van der Waals surface area contributed by atoms with Crippen molar-refractivity contribution in [3.8, 4) is 11.5 Å². The molecule has 2 atom stereocenters. The first-order valence-corrected chi connectivity index (χ1v) is 10.6. The maximum atomic E-state index is 12.6. The Balaban J connectivity index is 1.36. The van der Waals surface area contributed by atoms with Crippen LogP contribution in [0.1, 0.15) is 30.4 Å². The number of benzene rings is 2.